The van der Waals surface area contributed by atoms with Gasteiger partial charge in [-0.1, -0.05) is 6.92 Å². The predicted molar refractivity (Wildman–Crippen MR) is 71.7 cm³/mol. The van der Waals surface area contributed by atoms with E-state index in [0.29, 0.717) is 6.61 Å². The molecule has 1 aromatic rings. The molecule has 5 heteroatoms. The van der Waals surface area contributed by atoms with Crippen molar-refractivity contribution < 1.29 is 9.47 Å². The molecule has 0 fully saturated rings. The molecule has 0 saturated heterocycles. The molecule has 0 bridgehead atoms. The summed E-state index contributed by atoms with van der Waals surface area (Å²) in [5.74, 6) is 0.726. The van der Waals surface area contributed by atoms with Gasteiger partial charge in [0.15, 0.2) is 5.75 Å². The quantitative estimate of drug-likeness (QED) is 0.810. The standard InChI is InChI=1S/C13H25N3O2/c1-6-13(4,18-8-3)12(14)11-10(17-5)9-15-16(11)7-2/h9,12H,6-8,14H2,1-5H3. The van der Waals surface area contributed by atoms with E-state index in [-0.39, 0.29) is 6.04 Å². The summed E-state index contributed by atoms with van der Waals surface area (Å²) in [6.45, 7) is 9.53. The highest BCUT2D eigenvalue weighted by Gasteiger charge is 2.35. The molecule has 104 valence electrons. The minimum absolute atomic E-state index is 0.264. The Morgan fingerprint density at radius 3 is 2.56 bits per heavy atom. The zero-order valence-corrected chi connectivity index (χ0v) is 12.1. The number of ether oxygens (including phenoxy) is 2. The van der Waals surface area contributed by atoms with Crippen LogP contribution in [-0.2, 0) is 11.3 Å². The highest BCUT2D eigenvalue weighted by atomic mass is 16.5. The number of nitrogens with zero attached hydrogens (tertiary/aromatic N) is 2. The summed E-state index contributed by atoms with van der Waals surface area (Å²) in [5, 5.41) is 4.29. The fourth-order valence-corrected chi connectivity index (χ4v) is 2.13. The van der Waals surface area contributed by atoms with Gasteiger partial charge in [-0.3, -0.25) is 4.68 Å². The molecule has 1 rings (SSSR count). The third kappa shape index (κ3) is 2.67. The maximum Gasteiger partial charge on any atom is 0.161 e. The summed E-state index contributed by atoms with van der Waals surface area (Å²) < 4.78 is 13.1. The van der Waals surface area contributed by atoms with Crippen LogP contribution in [0.4, 0.5) is 0 Å². The summed E-state index contributed by atoms with van der Waals surface area (Å²) >= 11 is 0. The van der Waals surface area contributed by atoms with Crippen LogP contribution in [0.15, 0.2) is 6.20 Å². The molecule has 0 aliphatic carbocycles. The van der Waals surface area contributed by atoms with Crippen LogP contribution < -0.4 is 10.5 Å². The minimum Gasteiger partial charge on any atom is -0.493 e. The molecule has 2 N–H and O–H groups in total. The Balaban J connectivity index is 3.14. The maximum absolute atomic E-state index is 6.40. The first kappa shape index (κ1) is 15.0. The summed E-state index contributed by atoms with van der Waals surface area (Å²) in [6.07, 6.45) is 2.54. The van der Waals surface area contributed by atoms with Crippen LogP contribution in [0.2, 0.25) is 0 Å². The Hall–Kier alpha value is -1.07. The first-order valence-corrected chi connectivity index (χ1v) is 6.53. The molecule has 1 aromatic heterocycles. The molecule has 0 saturated carbocycles. The zero-order valence-electron chi connectivity index (χ0n) is 12.1. The Bertz CT molecular complexity index is 357. The van der Waals surface area contributed by atoms with Gasteiger partial charge in [0, 0.05) is 13.2 Å². The molecule has 0 spiro atoms. The normalized spacial score (nSPS) is 16.3. The topological polar surface area (TPSA) is 62.3 Å². The van der Waals surface area contributed by atoms with Crippen LogP contribution in [0.3, 0.4) is 0 Å². The van der Waals surface area contributed by atoms with E-state index >= 15 is 0 Å². The van der Waals surface area contributed by atoms with Crippen molar-refractivity contribution in [2.45, 2.75) is 52.3 Å². The number of hydrogen-bond donors (Lipinski definition) is 1. The van der Waals surface area contributed by atoms with Gasteiger partial charge in [-0.05, 0) is 27.2 Å². The summed E-state index contributed by atoms with van der Waals surface area (Å²) in [5.41, 5.74) is 6.89. The van der Waals surface area contributed by atoms with E-state index in [4.69, 9.17) is 15.2 Å². The molecular weight excluding hydrogens is 230 g/mol. The molecular formula is C13H25N3O2. The Morgan fingerprint density at radius 1 is 1.44 bits per heavy atom. The number of rotatable bonds is 7. The van der Waals surface area contributed by atoms with Gasteiger partial charge in [0.1, 0.15) is 0 Å². The number of aryl methyl sites for hydroxylation is 1. The first-order valence-electron chi connectivity index (χ1n) is 6.53. The third-order valence-corrected chi connectivity index (χ3v) is 3.49. The number of nitrogens with two attached hydrogens (primary N) is 1. The van der Waals surface area contributed by atoms with E-state index in [2.05, 4.69) is 12.0 Å². The fraction of sp³-hybridized carbons (Fsp3) is 0.769. The predicted octanol–water partition coefficient (Wildman–Crippen LogP) is 2.12. The van der Waals surface area contributed by atoms with Gasteiger partial charge >= 0.3 is 0 Å². The van der Waals surface area contributed by atoms with Crippen LogP contribution in [0.1, 0.15) is 45.9 Å². The van der Waals surface area contributed by atoms with Crippen molar-refractivity contribution in [3.63, 3.8) is 0 Å². The molecule has 18 heavy (non-hydrogen) atoms. The first-order chi connectivity index (χ1) is 8.53. The number of aromatic nitrogens is 2. The van der Waals surface area contributed by atoms with E-state index in [1.54, 1.807) is 13.3 Å². The maximum atomic E-state index is 6.40. The second-order valence-corrected chi connectivity index (χ2v) is 4.49. The lowest BCUT2D eigenvalue weighted by molar-refractivity contribution is -0.0493. The molecule has 0 aliphatic heterocycles. The van der Waals surface area contributed by atoms with E-state index in [0.717, 1.165) is 24.4 Å². The van der Waals surface area contributed by atoms with Crippen molar-refractivity contribution in [2.75, 3.05) is 13.7 Å². The van der Waals surface area contributed by atoms with Gasteiger partial charge < -0.3 is 15.2 Å². The van der Waals surface area contributed by atoms with Gasteiger partial charge in [-0.25, -0.2) is 0 Å². The van der Waals surface area contributed by atoms with Gasteiger partial charge in [-0.2, -0.15) is 5.10 Å². The van der Waals surface area contributed by atoms with Gasteiger partial charge in [0.05, 0.1) is 30.6 Å². The van der Waals surface area contributed by atoms with Crippen molar-refractivity contribution in [1.82, 2.24) is 9.78 Å². The summed E-state index contributed by atoms with van der Waals surface area (Å²) in [6, 6.07) is -0.264. The van der Waals surface area contributed by atoms with Gasteiger partial charge in [-0.15, -0.1) is 0 Å². The van der Waals surface area contributed by atoms with E-state index < -0.39 is 5.60 Å². The minimum atomic E-state index is -0.408. The number of methoxy groups -OCH3 is 1. The highest BCUT2D eigenvalue weighted by molar-refractivity contribution is 5.30. The second kappa shape index (κ2) is 6.20. The van der Waals surface area contributed by atoms with Gasteiger partial charge in [0.25, 0.3) is 0 Å². The molecule has 1 heterocycles. The Morgan fingerprint density at radius 2 is 2.11 bits per heavy atom. The van der Waals surface area contributed by atoms with Crippen LogP contribution in [0.5, 0.6) is 5.75 Å². The van der Waals surface area contributed by atoms with Crippen LogP contribution >= 0.6 is 0 Å². The average molecular weight is 255 g/mol. The molecule has 2 atom stereocenters. The fourth-order valence-electron chi connectivity index (χ4n) is 2.13. The van der Waals surface area contributed by atoms with Gasteiger partial charge in [0.2, 0.25) is 0 Å². The summed E-state index contributed by atoms with van der Waals surface area (Å²) in [4.78, 5) is 0. The number of hydrogen-bond acceptors (Lipinski definition) is 4. The lowest BCUT2D eigenvalue weighted by atomic mass is 9.91. The van der Waals surface area contributed by atoms with E-state index in [9.17, 15) is 0 Å². The summed E-state index contributed by atoms with van der Waals surface area (Å²) in [7, 11) is 1.64. The Kier molecular flexibility index (Phi) is 5.16. The lowest BCUT2D eigenvalue weighted by Crippen LogP contribution is -2.42. The van der Waals surface area contributed by atoms with Crippen molar-refractivity contribution in [2.24, 2.45) is 5.73 Å². The molecule has 0 aliphatic rings. The molecule has 0 aromatic carbocycles. The third-order valence-electron chi connectivity index (χ3n) is 3.49. The van der Waals surface area contributed by atoms with Crippen molar-refractivity contribution in [3.8, 4) is 5.75 Å². The monoisotopic (exact) mass is 255 g/mol. The molecule has 0 amide bonds. The van der Waals surface area contributed by atoms with E-state index in [1.165, 1.54) is 0 Å². The molecule has 5 nitrogen and oxygen atoms in total. The SMILES string of the molecule is CCOC(C)(CC)C(N)c1c(OC)cnn1CC. The van der Waals surface area contributed by atoms with Crippen LogP contribution in [-0.4, -0.2) is 29.1 Å². The van der Waals surface area contributed by atoms with Crippen molar-refractivity contribution >= 4 is 0 Å². The van der Waals surface area contributed by atoms with Crippen molar-refractivity contribution in [1.29, 1.82) is 0 Å². The largest absolute Gasteiger partial charge is 0.493 e. The lowest BCUT2D eigenvalue weighted by Gasteiger charge is -2.34. The second-order valence-electron chi connectivity index (χ2n) is 4.49. The highest BCUT2D eigenvalue weighted by Crippen LogP contribution is 2.34. The van der Waals surface area contributed by atoms with E-state index in [1.807, 2.05) is 25.5 Å². The van der Waals surface area contributed by atoms with Crippen LogP contribution in [0, 0.1) is 0 Å². The Labute approximate surface area is 109 Å². The smallest absolute Gasteiger partial charge is 0.161 e. The average Bonchev–Trinajstić information content (AvgIpc) is 2.80. The molecule has 2 unspecified atom stereocenters. The van der Waals surface area contributed by atoms with Crippen molar-refractivity contribution in [3.05, 3.63) is 11.9 Å². The zero-order chi connectivity index (χ0) is 13.8. The molecule has 0 radical (unpaired) electrons. The van der Waals surface area contributed by atoms with Crippen LogP contribution in [0.25, 0.3) is 0 Å².